The van der Waals surface area contributed by atoms with Crippen LogP contribution < -0.4 is 16.0 Å². The molecule has 4 heteroatoms. The molecule has 0 aliphatic heterocycles. The van der Waals surface area contributed by atoms with Crippen LogP contribution in [0, 0.1) is 5.41 Å². The first-order valence-corrected chi connectivity index (χ1v) is 12.7. The van der Waals surface area contributed by atoms with Crippen LogP contribution >= 0.6 is 0 Å². The predicted molar refractivity (Wildman–Crippen MR) is 161 cm³/mol. The van der Waals surface area contributed by atoms with Crippen LogP contribution in [0.5, 0.6) is 0 Å². The highest BCUT2D eigenvalue weighted by molar-refractivity contribution is 5.94. The first kappa shape index (κ1) is 30.8. The number of anilines is 1. The summed E-state index contributed by atoms with van der Waals surface area (Å²) in [5, 5.41) is 10.1. The second-order valence-electron chi connectivity index (χ2n) is 10.4. The molecule has 0 radical (unpaired) electrons. The summed E-state index contributed by atoms with van der Waals surface area (Å²) in [5.74, 6) is 0.826. The van der Waals surface area contributed by atoms with Gasteiger partial charge in [0.25, 0.3) is 0 Å². The van der Waals surface area contributed by atoms with Gasteiger partial charge in [0.15, 0.2) is 0 Å². The van der Waals surface area contributed by atoms with Gasteiger partial charge in [-0.25, -0.2) is 0 Å². The summed E-state index contributed by atoms with van der Waals surface area (Å²) in [6.45, 7) is 27.6. The third-order valence-electron chi connectivity index (χ3n) is 6.33. The smallest absolute Gasteiger partial charge is 0.124 e. The summed E-state index contributed by atoms with van der Waals surface area (Å²) in [6.07, 6.45) is 6.94. The van der Waals surface area contributed by atoms with Gasteiger partial charge < -0.3 is 16.0 Å². The fourth-order valence-corrected chi connectivity index (χ4v) is 3.61. The Morgan fingerprint density at radius 3 is 2.08 bits per heavy atom. The van der Waals surface area contributed by atoms with Crippen LogP contribution in [0.2, 0.25) is 0 Å². The molecule has 0 heterocycles. The molecule has 0 spiro atoms. The maximum absolute atomic E-state index is 4.38. The van der Waals surface area contributed by atoms with Gasteiger partial charge in [-0.1, -0.05) is 63.3 Å². The van der Waals surface area contributed by atoms with E-state index < -0.39 is 0 Å². The highest BCUT2D eigenvalue weighted by Crippen LogP contribution is 2.25. The zero-order valence-electron chi connectivity index (χ0n) is 24.2. The number of benzene rings is 1. The summed E-state index contributed by atoms with van der Waals surface area (Å²) in [5.41, 5.74) is 9.98. The molecule has 1 aromatic carbocycles. The minimum atomic E-state index is 0.103. The summed E-state index contributed by atoms with van der Waals surface area (Å²) in [7, 11) is 3.73. The van der Waals surface area contributed by atoms with Gasteiger partial charge in [0, 0.05) is 31.9 Å². The molecule has 0 saturated heterocycles. The Hall–Kier alpha value is -3.27. The summed E-state index contributed by atoms with van der Waals surface area (Å²) >= 11 is 0. The van der Waals surface area contributed by atoms with Gasteiger partial charge in [-0.3, -0.25) is 4.99 Å². The van der Waals surface area contributed by atoms with Crippen LogP contribution in [-0.2, 0) is 6.42 Å². The maximum atomic E-state index is 4.38. The third-order valence-corrected chi connectivity index (χ3v) is 6.33. The molecule has 0 amide bonds. The molecule has 0 bridgehead atoms. The Balaban J connectivity index is 2.87. The van der Waals surface area contributed by atoms with E-state index in [1.165, 1.54) is 27.9 Å². The van der Waals surface area contributed by atoms with Crippen molar-refractivity contribution in [2.75, 3.05) is 19.4 Å². The lowest BCUT2D eigenvalue weighted by Crippen LogP contribution is -2.23. The SMILES string of the molecule is C=C(C)CCC(=C\C)/C(C)=C(\NC)C(=C)Nc1ccc(CC(=C)NC(/C=C(\C)C(C)(C)C)=NC)cc1. The van der Waals surface area contributed by atoms with E-state index in [4.69, 9.17) is 0 Å². The number of nitrogens with one attached hydrogen (secondary N) is 3. The fraction of sp³-hybridized carbons (Fsp3) is 0.406. The van der Waals surface area contributed by atoms with E-state index in [2.05, 4.69) is 126 Å². The molecule has 0 aliphatic carbocycles. The number of rotatable bonds is 12. The van der Waals surface area contributed by atoms with Crippen LogP contribution in [0.15, 0.2) is 101 Å². The zero-order chi connectivity index (χ0) is 27.5. The van der Waals surface area contributed by atoms with Crippen molar-refractivity contribution in [1.29, 1.82) is 0 Å². The summed E-state index contributed by atoms with van der Waals surface area (Å²) in [6, 6.07) is 8.38. The second kappa shape index (κ2) is 14.3. The Labute approximate surface area is 220 Å². The number of hydrogen-bond acceptors (Lipinski definition) is 3. The van der Waals surface area contributed by atoms with Crippen molar-refractivity contribution < 1.29 is 0 Å². The topological polar surface area (TPSA) is 48.4 Å². The van der Waals surface area contributed by atoms with Crippen molar-refractivity contribution in [2.24, 2.45) is 10.4 Å². The number of likely N-dealkylation sites (N-methyl/N-ethyl adjacent to an activating group) is 1. The van der Waals surface area contributed by atoms with Gasteiger partial charge >= 0.3 is 0 Å². The molecule has 0 atom stereocenters. The standard InChI is InChI=1S/C32H48N4/c1-13-28(17-14-22(2)3)25(6)31(34-12)26(7)36-29-18-15-27(16-19-29)21-24(5)35-30(33-11)20-23(4)32(8,9)10/h13,15-16,18-20,34,36H,2,5,7,14,17,21H2,1,3-4,6,8-12H3,(H,33,35)/b23-20+,28-13+,31-25-. The van der Waals surface area contributed by atoms with E-state index in [9.17, 15) is 0 Å². The van der Waals surface area contributed by atoms with Gasteiger partial charge in [-0.05, 0) is 80.9 Å². The molecule has 0 unspecified atom stereocenters. The summed E-state index contributed by atoms with van der Waals surface area (Å²) < 4.78 is 0. The molecule has 0 aromatic heterocycles. The lowest BCUT2D eigenvalue weighted by molar-refractivity contribution is 0.504. The maximum Gasteiger partial charge on any atom is 0.124 e. The highest BCUT2D eigenvalue weighted by atomic mass is 15.0. The van der Waals surface area contributed by atoms with Crippen molar-refractivity contribution in [2.45, 2.75) is 67.7 Å². The first-order valence-electron chi connectivity index (χ1n) is 12.7. The highest BCUT2D eigenvalue weighted by Gasteiger charge is 2.13. The van der Waals surface area contributed by atoms with Crippen LogP contribution in [0.4, 0.5) is 5.69 Å². The molecule has 4 nitrogen and oxygen atoms in total. The van der Waals surface area contributed by atoms with Gasteiger partial charge in [-0.2, -0.15) is 0 Å². The molecule has 3 N–H and O–H groups in total. The van der Waals surface area contributed by atoms with E-state index in [1.54, 1.807) is 7.05 Å². The number of hydrogen-bond donors (Lipinski definition) is 3. The quantitative estimate of drug-likeness (QED) is 0.121. The normalized spacial score (nSPS) is 13.6. The zero-order valence-corrected chi connectivity index (χ0v) is 24.2. The molecule has 1 aromatic rings. The van der Waals surface area contributed by atoms with Crippen molar-refractivity contribution in [3.05, 3.63) is 101 Å². The fourth-order valence-electron chi connectivity index (χ4n) is 3.61. The number of amidine groups is 1. The van der Waals surface area contributed by atoms with Crippen LogP contribution in [0.25, 0.3) is 0 Å². The summed E-state index contributed by atoms with van der Waals surface area (Å²) in [4.78, 5) is 4.38. The molecule has 36 heavy (non-hydrogen) atoms. The number of nitrogens with zero attached hydrogens (tertiary/aromatic N) is 1. The monoisotopic (exact) mass is 488 g/mol. The Morgan fingerprint density at radius 1 is 1.00 bits per heavy atom. The van der Waals surface area contributed by atoms with E-state index in [-0.39, 0.29) is 5.41 Å². The van der Waals surface area contributed by atoms with E-state index >= 15 is 0 Å². The number of allylic oxidation sites excluding steroid dienone is 6. The van der Waals surface area contributed by atoms with Crippen LogP contribution in [0.3, 0.4) is 0 Å². The average molecular weight is 489 g/mol. The molecular formula is C32H48N4. The minimum Gasteiger partial charge on any atom is -0.386 e. The lowest BCUT2D eigenvalue weighted by atomic mass is 9.87. The molecular weight excluding hydrogens is 440 g/mol. The third kappa shape index (κ3) is 10.2. The van der Waals surface area contributed by atoms with Crippen molar-refractivity contribution in [3.63, 3.8) is 0 Å². The van der Waals surface area contributed by atoms with E-state index in [0.717, 1.165) is 47.9 Å². The van der Waals surface area contributed by atoms with Crippen molar-refractivity contribution in [3.8, 4) is 0 Å². The second-order valence-corrected chi connectivity index (χ2v) is 10.4. The Kier molecular flexibility index (Phi) is 12.2. The first-order chi connectivity index (χ1) is 16.8. The van der Waals surface area contributed by atoms with Crippen molar-refractivity contribution in [1.82, 2.24) is 10.6 Å². The molecule has 0 fully saturated rings. The van der Waals surface area contributed by atoms with Gasteiger partial charge in [0.2, 0.25) is 0 Å². The minimum absolute atomic E-state index is 0.103. The van der Waals surface area contributed by atoms with Crippen LogP contribution in [0.1, 0.15) is 66.9 Å². The predicted octanol–water partition coefficient (Wildman–Crippen LogP) is 8.07. The number of aliphatic imine (C=N–C) groups is 1. The van der Waals surface area contributed by atoms with Crippen LogP contribution in [-0.4, -0.2) is 19.9 Å². The molecule has 0 aliphatic rings. The molecule has 196 valence electrons. The Morgan fingerprint density at radius 2 is 1.61 bits per heavy atom. The Bertz CT molecular complexity index is 1050. The lowest BCUT2D eigenvalue weighted by Gasteiger charge is -2.20. The van der Waals surface area contributed by atoms with Gasteiger partial charge in [0.1, 0.15) is 5.84 Å². The van der Waals surface area contributed by atoms with E-state index in [0.29, 0.717) is 0 Å². The largest absolute Gasteiger partial charge is 0.386 e. The van der Waals surface area contributed by atoms with Gasteiger partial charge in [-0.15, -0.1) is 6.58 Å². The van der Waals surface area contributed by atoms with E-state index in [1.807, 2.05) is 7.05 Å². The molecule has 1 rings (SSSR count). The van der Waals surface area contributed by atoms with Gasteiger partial charge in [0.05, 0.1) is 11.4 Å². The van der Waals surface area contributed by atoms with Crippen molar-refractivity contribution >= 4 is 11.5 Å². The molecule has 0 saturated carbocycles. The average Bonchev–Trinajstić information content (AvgIpc) is 2.79.